The Balaban J connectivity index is 2.24. The van der Waals surface area contributed by atoms with Crippen molar-refractivity contribution < 1.29 is 9.31 Å². The molecule has 0 unspecified atom stereocenters. The quantitative estimate of drug-likeness (QED) is 0.536. The summed E-state index contributed by atoms with van der Waals surface area (Å²) in [5, 5.41) is 20.3. The molecule has 0 atom stereocenters. The van der Waals surface area contributed by atoms with E-state index >= 15 is 0 Å². The number of hydrogen-bond donors (Lipinski definition) is 0. The van der Waals surface area contributed by atoms with E-state index in [1.807, 2.05) is 6.07 Å². The molecule has 0 fully saturated rings. The summed E-state index contributed by atoms with van der Waals surface area (Å²) in [6.45, 7) is 1.63. The smallest absolute Gasteiger partial charge is 0.287 e. The molecule has 3 rings (SSSR count). The van der Waals surface area contributed by atoms with Crippen LogP contribution in [-0.2, 0) is 0 Å². The van der Waals surface area contributed by atoms with Crippen molar-refractivity contribution in [3.8, 4) is 11.9 Å². The van der Waals surface area contributed by atoms with Gasteiger partial charge in [0.05, 0.1) is 16.0 Å². The van der Waals surface area contributed by atoms with Gasteiger partial charge in [0.25, 0.3) is 5.69 Å². The molecule has 0 spiro atoms. The first-order chi connectivity index (χ1) is 10.5. The number of hydrogen-bond acceptors (Lipinski definition) is 4. The number of benzene rings is 1. The fourth-order valence-corrected chi connectivity index (χ4v) is 2.26. The SMILES string of the molecule is Cc1cc2c(cc1F)c(C#N)cn2-c1ccc([N+](=O)[O-])cn1. The normalized spacial score (nSPS) is 10.6. The minimum atomic E-state index is -0.537. The monoisotopic (exact) mass is 296 g/mol. The van der Waals surface area contributed by atoms with Crippen LogP contribution in [0.25, 0.3) is 16.7 Å². The average Bonchev–Trinajstić information content (AvgIpc) is 2.85. The molecule has 7 heteroatoms. The zero-order valence-electron chi connectivity index (χ0n) is 11.4. The number of aryl methyl sites for hydroxylation is 1. The number of nitrogens with zero attached hydrogens (tertiary/aromatic N) is 4. The van der Waals surface area contributed by atoms with Gasteiger partial charge in [-0.2, -0.15) is 5.26 Å². The summed E-state index contributed by atoms with van der Waals surface area (Å²) >= 11 is 0. The summed E-state index contributed by atoms with van der Waals surface area (Å²) in [6.07, 6.45) is 2.68. The van der Waals surface area contributed by atoms with Crippen LogP contribution >= 0.6 is 0 Å². The van der Waals surface area contributed by atoms with Crippen molar-refractivity contribution in [2.45, 2.75) is 6.92 Å². The van der Waals surface area contributed by atoms with Crippen LogP contribution in [0.5, 0.6) is 0 Å². The molecule has 2 heterocycles. The molecular weight excluding hydrogens is 287 g/mol. The Bertz CT molecular complexity index is 939. The van der Waals surface area contributed by atoms with Crippen LogP contribution in [0.3, 0.4) is 0 Å². The van der Waals surface area contributed by atoms with Gasteiger partial charge in [-0.1, -0.05) is 0 Å². The van der Waals surface area contributed by atoms with Gasteiger partial charge in [0, 0.05) is 17.6 Å². The fraction of sp³-hybridized carbons (Fsp3) is 0.0667. The lowest BCUT2D eigenvalue weighted by Crippen LogP contribution is -1.97. The lowest BCUT2D eigenvalue weighted by molar-refractivity contribution is -0.385. The summed E-state index contributed by atoms with van der Waals surface area (Å²) in [4.78, 5) is 14.2. The van der Waals surface area contributed by atoms with E-state index in [4.69, 9.17) is 0 Å². The first-order valence-corrected chi connectivity index (χ1v) is 6.33. The molecule has 0 N–H and O–H groups in total. The Labute approximate surface area is 124 Å². The molecule has 0 saturated carbocycles. The molecule has 1 aromatic carbocycles. The van der Waals surface area contributed by atoms with Crippen molar-refractivity contribution in [1.29, 1.82) is 5.26 Å². The van der Waals surface area contributed by atoms with Gasteiger partial charge in [-0.15, -0.1) is 0 Å². The molecule has 0 aliphatic carbocycles. The van der Waals surface area contributed by atoms with Gasteiger partial charge in [-0.3, -0.25) is 14.7 Å². The van der Waals surface area contributed by atoms with Crippen LogP contribution in [0.15, 0.2) is 36.7 Å². The highest BCUT2D eigenvalue weighted by atomic mass is 19.1. The maximum atomic E-state index is 13.7. The van der Waals surface area contributed by atoms with Gasteiger partial charge in [-0.25, -0.2) is 9.37 Å². The maximum absolute atomic E-state index is 13.7. The zero-order valence-corrected chi connectivity index (χ0v) is 11.4. The fourth-order valence-electron chi connectivity index (χ4n) is 2.26. The second-order valence-corrected chi connectivity index (χ2v) is 4.77. The number of nitro groups is 1. The molecule has 3 aromatic rings. The summed E-state index contributed by atoms with van der Waals surface area (Å²) in [6, 6.07) is 7.76. The number of nitriles is 1. The van der Waals surface area contributed by atoms with Gasteiger partial charge >= 0.3 is 0 Å². The Hall–Kier alpha value is -3.27. The minimum absolute atomic E-state index is 0.122. The third-order valence-corrected chi connectivity index (χ3v) is 3.40. The molecule has 0 amide bonds. The largest absolute Gasteiger partial charge is 0.300 e. The summed E-state index contributed by atoms with van der Waals surface area (Å²) in [7, 11) is 0. The van der Waals surface area contributed by atoms with Crippen LogP contribution in [0.4, 0.5) is 10.1 Å². The summed E-state index contributed by atoms with van der Waals surface area (Å²) in [5.74, 6) is 0.0292. The Morgan fingerprint density at radius 1 is 1.41 bits per heavy atom. The highest BCUT2D eigenvalue weighted by molar-refractivity contribution is 5.88. The average molecular weight is 296 g/mol. The highest BCUT2D eigenvalue weighted by Crippen LogP contribution is 2.27. The first-order valence-electron chi connectivity index (χ1n) is 6.33. The molecule has 0 bridgehead atoms. The number of rotatable bonds is 2. The maximum Gasteiger partial charge on any atom is 0.287 e. The molecular formula is C15H9FN4O2. The number of aromatic nitrogens is 2. The number of fused-ring (bicyclic) bond motifs is 1. The first kappa shape index (κ1) is 13.7. The third kappa shape index (κ3) is 2.07. The van der Waals surface area contributed by atoms with Gasteiger partial charge < -0.3 is 0 Å². The van der Waals surface area contributed by atoms with E-state index in [0.29, 0.717) is 27.8 Å². The van der Waals surface area contributed by atoms with Crippen molar-refractivity contribution in [3.05, 3.63) is 63.7 Å². The van der Waals surface area contributed by atoms with Crippen LogP contribution in [-0.4, -0.2) is 14.5 Å². The molecule has 0 radical (unpaired) electrons. The number of pyridine rings is 1. The molecule has 6 nitrogen and oxygen atoms in total. The van der Waals surface area contributed by atoms with Crippen molar-refractivity contribution in [3.63, 3.8) is 0 Å². The summed E-state index contributed by atoms with van der Waals surface area (Å²) < 4.78 is 15.3. The predicted octanol–water partition coefficient (Wildman–Crippen LogP) is 3.25. The molecule has 0 aliphatic heterocycles. The third-order valence-electron chi connectivity index (χ3n) is 3.40. The van der Waals surface area contributed by atoms with E-state index in [0.717, 1.165) is 6.20 Å². The van der Waals surface area contributed by atoms with Crippen LogP contribution < -0.4 is 0 Å². The van der Waals surface area contributed by atoms with E-state index < -0.39 is 10.7 Å². The lowest BCUT2D eigenvalue weighted by Gasteiger charge is -2.05. The zero-order chi connectivity index (χ0) is 15.9. The number of halogens is 1. The Morgan fingerprint density at radius 3 is 2.77 bits per heavy atom. The Kier molecular flexibility index (Phi) is 3.07. The van der Waals surface area contributed by atoms with Crippen molar-refractivity contribution >= 4 is 16.6 Å². The van der Waals surface area contributed by atoms with Gasteiger partial charge in [0.2, 0.25) is 0 Å². The standard InChI is InChI=1S/C15H9FN4O2/c1-9-4-14-12(5-13(9)16)10(6-17)8-19(14)15-3-2-11(7-18-15)20(21)22/h2-5,7-8H,1H3. The second-order valence-electron chi connectivity index (χ2n) is 4.77. The van der Waals surface area contributed by atoms with Crippen molar-refractivity contribution in [2.75, 3.05) is 0 Å². The molecule has 2 aromatic heterocycles. The van der Waals surface area contributed by atoms with E-state index in [9.17, 15) is 19.8 Å². The van der Waals surface area contributed by atoms with Crippen molar-refractivity contribution in [1.82, 2.24) is 9.55 Å². The van der Waals surface area contributed by atoms with Crippen LogP contribution in [0.2, 0.25) is 0 Å². The van der Waals surface area contributed by atoms with E-state index in [-0.39, 0.29) is 5.69 Å². The lowest BCUT2D eigenvalue weighted by atomic mass is 10.1. The second kappa shape index (κ2) is 4.93. The van der Waals surface area contributed by atoms with Crippen LogP contribution in [0.1, 0.15) is 11.1 Å². The van der Waals surface area contributed by atoms with E-state index in [1.165, 1.54) is 24.4 Å². The predicted molar refractivity (Wildman–Crippen MR) is 77.1 cm³/mol. The Morgan fingerprint density at radius 2 is 2.18 bits per heavy atom. The summed E-state index contributed by atoms with van der Waals surface area (Å²) in [5.41, 5.74) is 1.26. The van der Waals surface area contributed by atoms with Gasteiger partial charge in [0.15, 0.2) is 0 Å². The van der Waals surface area contributed by atoms with E-state index in [2.05, 4.69) is 4.98 Å². The van der Waals surface area contributed by atoms with Crippen LogP contribution in [0, 0.1) is 34.2 Å². The van der Waals surface area contributed by atoms with E-state index in [1.54, 1.807) is 17.6 Å². The molecule has 108 valence electrons. The molecule has 0 aliphatic rings. The van der Waals surface area contributed by atoms with Gasteiger partial charge in [-0.05, 0) is 30.7 Å². The molecule has 22 heavy (non-hydrogen) atoms. The molecule has 0 saturated heterocycles. The van der Waals surface area contributed by atoms with Crippen molar-refractivity contribution in [2.24, 2.45) is 0 Å². The minimum Gasteiger partial charge on any atom is -0.300 e. The highest BCUT2D eigenvalue weighted by Gasteiger charge is 2.14. The van der Waals surface area contributed by atoms with Gasteiger partial charge in [0.1, 0.15) is 23.9 Å². The topological polar surface area (TPSA) is 84.8 Å².